The molecule has 4 nitrogen and oxygen atoms in total. The lowest BCUT2D eigenvalue weighted by Crippen LogP contribution is -2.68. The number of hydrogen-bond donors (Lipinski definition) is 1. The number of amides is 1. The van der Waals surface area contributed by atoms with Gasteiger partial charge in [-0.25, -0.2) is 0 Å². The molecule has 3 atom stereocenters. The molecule has 1 N–H and O–H groups in total. The van der Waals surface area contributed by atoms with Gasteiger partial charge in [0.25, 0.3) is 0 Å². The number of nitrogens with zero attached hydrogens (tertiary/aromatic N) is 2. The van der Waals surface area contributed by atoms with Crippen molar-refractivity contribution in [1.29, 1.82) is 0 Å². The van der Waals surface area contributed by atoms with E-state index in [0.29, 0.717) is 19.5 Å². The number of aliphatic hydroxyl groups excluding tert-OH is 1. The average Bonchev–Trinajstić information content (AvgIpc) is 2.66. The summed E-state index contributed by atoms with van der Waals surface area (Å²) in [5, 5.41) is 10.8. The van der Waals surface area contributed by atoms with Crippen LogP contribution in [0.25, 0.3) is 0 Å². The van der Waals surface area contributed by atoms with Crippen LogP contribution in [0.1, 0.15) is 30.4 Å². The highest BCUT2D eigenvalue weighted by Gasteiger charge is 2.52. The Morgan fingerprint density at radius 2 is 1.92 bits per heavy atom. The summed E-state index contributed by atoms with van der Waals surface area (Å²) >= 11 is 6.34. The van der Waals surface area contributed by atoms with E-state index in [1.54, 1.807) is 0 Å². The number of benzene rings is 2. The topological polar surface area (TPSA) is 43.8 Å². The number of carbonyl (C=O) groups is 1. The van der Waals surface area contributed by atoms with E-state index in [2.05, 4.69) is 11.0 Å². The number of aliphatic hydroxyl groups is 1. The van der Waals surface area contributed by atoms with Gasteiger partial charge in [-0.05, 0) is 23.3 Å². The number of fused-ring (bicyclic) bond motifs is 3. The summed E-state index contributed by atoms with van der Waals surface area (Å²) in [6, 6.07) is 16.2. The van der Waals surface area contributed by atoms with Crippen molar-refractivity contribution >= 4 is 23.2 Å². The lowest BCUT2D eigenvalue weighted by atomic mass is 9.71. The number of rotatable bonds is 4. The quantitative estimate of drug-likeness (QED) is 0.896. The number of anilines is 1. The van der Waals surface area contributed by atoms with Crippen LogP contribution in [0.15, 0.2) is 48.5 Å². The molecule has 1 fully saturated rings. The highest BCUT2D eigenvalue weighted by Crippen LogP contribution is 2.48. The molecule has 2 aliphatic rings. The second-order valence-corrected chi connectivity index (χ2v) is 7.43. The van der Waals surface area contributed by atoms with Crippen LogP contribution in [-0.2, 0) is 11.3 Å². The van der Waals surface area contributed by atoms with Gasteiger partial charge >= 0.3 is 0 Å². The highest BCUT2D eigenvalue weighted by molar-refractivity contribution is 6.31. The summed E-state index contributed by atoms with van der Waals surface area (Å²) in [7, 11) is 0. The van der Waals surface area contributed by atoms with Gasteiger partial charge in [0.05, 0.1) is 6.61 Å². The molecule has 26 heavy (non-hydrogen) atoms. The Bertz CT molecular complexity index is 825. The minimum absolute atomic E-state index is 0.0521. The van der Waals surface area contributed by atoms with Crippen molar-refractivity contribution in [2.45, 2.75) is 37.9 Å². The summed E-state index contributed by atoms with van der Waals surface area (Å²) in [4.78, 5) is 16.7. The van der Waals surface area contributed by atoms with Gasteiger partial charge in [0.2, 0.25) is 5.91 Å². The molecule has 1 amide bonds. The number of carbonyl (C=O) groups excluding carboxylic acids is 1. The predicted octanol–water partition coefficient (Wildman–Crippen LogP) is 3.43. The van der Waals surface area contributed by atoms with E-state index in [-0.39, 0.29) is 30.5 Å². The van der Waals surface area contributed by atoms with E-state index in [4.69, 9.17) is 11.6 Å². The van der Waals surface area contributed by atoms with Crippen LogP contribution in [0.3, 0.4) is 0 Å². The van der Waals surface area contributed by atoms with Crippen LogP contribution in [0.2, 0.25) is 5.02 Å². The SMILES string of the molecule is CCC(=O)N1C[C@@H]2[C@H](c3ccccc31)[C@@H](CO)N2Cc1ccccc1Cl. The second kappa shape index (κ2) is 7.03. The van der Waals surface area contributed by atoms with Gasteiger partial charge in [0.15, 0.2) is 0 Å². The Hall–Kier alpha value is -1.88. The van der Waals surface area contributed by atoms with Gasteiger partial charge in [-0.1, -0.05) is 54.9 Å². The largest absolute Gasteiger partial charge is 0.395 e. The average molecular weight is 371 g/mol. The van der Waals surface area contributed by atoms with E-state index >= 15 is 0 Å². The monoisotopic (exact) mass is 370 g/mol. The molecule has 136 valence electrons. The molecule has 5 heteroatoms. The third-order valence-electron chi connectivity index (χ3n) is 5.74. The molecule has 2 aromatic carbocycles. The molecule has 0 spiro atoms. The summed E-state index contributed by atoms with van der Waals surface area (Å²) in [5.74, 6) is 0.389. The van der Waals surface area contributed by atoms with Gasteiger partial charge in [0.1, 0.15) is 0 Å². The van der Waals surface area contributed by atoms with Crippen LogP contribution in [0.5, 0.6) is 0 Å². The van der Waals surface area contributed by atoms with E-state index in [0.717, 1.165) is 16.3 Å². The summed E-state index contributed by atoms with van der Waals surface area (Å²) in [5.41, 5.74) is 3.22. The number of hydrogen-bond acceptors (Lipinski definition) is 3. The lowest BCUT2D eigenvalue weighted by Gasteiger charge is -2.59. The molecule has 0 aliphatic carbocycles. The lowest BCUT2D eigenvalue weighted by molar-refractivity contribution is -0.119. The Balaban J connectivity index is 1.68. The van der Waals surface area contributed by atoms with Gasteiger partial charge < -0.3 is 10.0 Å². The molecule has 0 unspecified atom stereocenters. The fraction of sp³-hybridized carbons (Fsp3) is 0.381. The first-order valence-electron chi connectivity index (χ1n) is 9.15. The Morgan fingerprint density at radius 3 is 2.65 bits per heavy atom. The Kier molecular flexibility index (Phi) is 4.74. The predicted molar refractivity (Wildman–Crippen MR) is 103 cm³/mol. The van der Waals surface area contributed by atoms with Crippen molar-refractivity contribution in [2.75, 3.05) is 18.1 Å². The van der Waals surface area contributed by atoms with Crippen LogP contribution in [0, 0.1) is 0 Å². The molecular weight excluding hydrogens is 348 g/mol. The molecule has 0 bridgehead atoms. The number of halogens is 1. The molecule has 2 aliphatic heterocycles. The fourth-order valence-corrected chi connectivity index (χ4v) is 4.65. The van der Waals surface area contributed by atoms with Crippen LogP contribution < -0.4 is 4.90 Å². The Labute approximate surface area is 159 Å². The molecule has 2 aromatic rings. The van der Waals surface area contributed by atoms with E-state index in [9.17, 15) is 9.90 Å². The molecule has 0 aromatic heterocycles. The van der Waals surface area contributed by atoms with Crippen molar-refractivity contribution in [3.63, 3.8) is 0 Å². The van der Waals surface area contributed by atoms with Crippen molar-refractivity contribution in [2.24, 2.45) is 0 Å². The molecule has 2 heterocycles. The minimum atomic E-state index is 0.0521. The summed E-state index contributed by atoms with van der Waals surface area (Å²) in [6.07, 6.45) is 0.486. The number of para-hydroxylation sites is 1. The van der Waals surface area contributed by atoms with Gasteiger partial charge in [-0.3, -0.25) is 9.69 Å². The van der Waals surface area contributed by atoms with Crippen molar-refractivity contribution in [3.8, 4) is 0 Å². The number of likely N-dealkylation sites (tertiary alicyclic amines) is 1. The van der Waals surface area contributed by atoms with Crippen LogP contribution >= 0.6 is 11.6 Å². The zero-order valence-electron chi connectivity index (χ0n) is 14.8. The maximum absolute atomic E-state index is 12.5. The zero-order chi connectivity index (χ0) is 18.3. The van der Waals surface area contributed by atoms with Gasteiger partial charge in [-0.15, -0.1) is 0 Å². The fourth-order valence-electron chi connectivity index (χ4n) is 4.45. The third kappa shape index (κ3) is 2.73. The zero-order valence-corrected chi connectivity index (χ0v) is 15.6. The smallest absolute Gasteiger partial charge is 0.226 e. The molecule has 1 saturated heterocycles. The first-order valence-corrected chi connectivity index (χ1v) is 9.52. The van der Waals surface area contributed by atoms with Crippen LogP contribution in [0.4, 0.5) is 5.69 Å². The van der Waals surface area contributed by atoms with Gasteiger partial charge in [0, 0.05) is 48.2 Å². The Morgan fingerprint density at radius 1 is 1.19 bits per heavy atom. The standard InChI is InChI=1S/C21H23ClN2O2/c1-2-20(26)24-12-18-21(15-8-4-6-10-17(15)24)19(13-25)23(18)11-14-7-3-5-9-16(14)22/h3-10,18-19,21,25H,2,11-13H2,1H3/t18-,19-,21+/m1/s1. The van der Waals surface area contributed by atoms with Crippen molar-refractivity contribution in [1.82, 2.24) is 4.90 Å². The highest BCUT2D eigenvalue weighted by atomic mass is 35.5. The van der Waals surface area contributed by atoms with Crippen molar-refractivity contribution in [3.05, 3.63) is 64.7 Å². The maximum Gasteiger partial charge on any atom is 0.226 e. The van der Waals surface area contributed by atoms with E-state index < -0.39 is 0 Å². The molecule has 4 rings (SSSR count). The molecule has 0 radical (unpaired) electrons. The molecular formula is C21H23ClN2O2. The summed E-state index contributed by atoms with van der Waals surface area (Å²) in [6.45, 7) is 3.34. The summed E-state index contributed by atoms with van der Waals surface area (Å²) < 4.78 is 0. The van der Waals surface area contributed by atoms with Gasteiger partial charge in [-0.2, -0.15) is 0 Å². The van der Waals surface area contributed by atoms with Crippen LogP contribution in [-0.4, -0.2) is 41.1 Å². The van der Waals surface area contributed by atoms with E-state index in [1.165, 1.54) is 5.56 Å². The first kappa shape index (κ1) is 17.5. The molecule has 0 saturated carbocycles. The van der Waals surface area contributed by atoms with E-state index in [1.807, 2.05) is 54.3 Å². The second-order valence-electron chi connectivity index (χ2n) is 7.02. The van der Waals surface area contributed by atoms with Crippen molar-refractivity contribution < 1.29 is 9.90 Å². The maximum atomic E-state index is 12.5. The third-order valence-corrected chi connectivity index (χ3v) is 6.11. The first-order chi connectivity index (χ1) is 12.7. The normalized spacial score (nSPS) is 24.6. The minimum Gasteiger partial charge on any atom is -0.395 e.